The minimum atomic E-state index is -0.192. The Morgan fingerprint density at radius 2 is 1.82 bits per heavy atom. The van der Waals surface area contributed by atoms with Crippen molar-refractivity contribution in [3.05, 3.63) is 82.8 Å². The van der Waals surface area contributed by atoms with E-state index >= 15 is 0 Å². The number of hydrogen-bond donors (Lipinski definition) is 0. The van der Waals surface area contributed by atoms with Crippen molar-refractivity contribution in [3.63, 3.8) is 0 Å². The van der Waals surface area contributed by atoms with Crippen LogP contribution < -0.4 is 4.90 Å². The Hall–Kier alpha value is -2.82. The first kappa shape index (κ1) is 18.5. The molecule has 0 bridgehead atoms. The van der Waals surface area contributed by atoms with Crippen molar-refractivity contribution < 1.29 is 4.39 Å². The summed E-state index contributed by atoms with van der Waals surface area (Å²) in [5.74, 6) is 2.14. The van der Waals surface area contributed by atoms with Gasteiger partial charge in [-0.2, -0.15) is 0 Å². The first-order valence-electron chi connectivity index (χ1n) is 9.83. The highest BCUT2D eigenvalue weighted by molar-refractivity contribution is 5.40. The van der Waals surface area contributed by atoms with E-state index in [-0.39, 0.29) is 5.82 Å². The van der Waals surface area contributed by atoms with Gasteiger partial charge in [0.2, 0.25) is 0 Å². The molecule has 0 radical (unpaired) electrons. The average Bonchev–Trinajstić information content (AvgIpc) is 2.68. The number of benzene rings is 1. The highest BCUT2D eigenvalue weighted by Gasteiger charge is 2.22. The predicted molar refractivity (Wildman–Crippen MR) is 109 cm³/mol. The van der Waals surface area contributed by atoms with Crippen molar-refractivity contribution in [2.45, 2.75) is 39.0 Å². The molecule has 1 aromatic carbocycles. The van der Waals surface area contributed by atoms with Crippen molar-refractivity contribution in [3.8, 4) is 0 Å². The SMILES string of the molecule is Cc1cc(N2CCC(c3ccc(Cc4cccc(F)c4)cn3)CC2)nc(C)n1. The van der Waals surface area contributed by atoms with E-state index < -0.39 is 0 Å². The van der Waals surface area contributed by atoms with Crippen molar-refractivity contribution in [2.24, 2.45) is 0 Å². The lowest BCUT2D eigenvalue weighted by molar-refractivity contribution is 0.493. The van der Waals surface area contributed by atoms with Gasteiger partial charge in [0.05, 0.1) is 0 Å². The van der Waals surface area contributed by atoms with Crippen LogP contribution in [0.5, 0.6) is 0 Å². The van der Waals surface area contributed by atoms with Crippen LogP contribution in [0.3, 0.4) is 0 Å². The van der Waals surface area contributed by atoms with Crippen LogP contribution in [0.25, 0.3) is 0 Å². The first-order chi connectivity index (χ1) is 13.6. The minimum absolute atomic E-state index is 0.192. The number of pyridine rings is 1. The molecule has 0 amide bonds. The van der Waals surface area contributed by atoms with Crippen LogP contribution >= 0.6 is 0 Å². The molecule has 3 heterocycles. The molecule has 28 heavy (non-hydrogen) atoms. The van der Waals surface area contributed by atoms with Crippen molar-refractivity contribution in [2.75, 3.05) is 18.0 Å². The normalized spacial score (nSPS) is 15.0. The van der Waals surface area contributed by atoms with Crippen LogP contribution in [0.15, 0.2) is 48.7 Å². The zero-order valence-electron chi connectivity index (χ0n) is 16.4. The molecule has 1 saturated heterocycles. The molecule has 0 spiro atoms. The van der Waals surface area contributed by atoms with E-state index in [0.717, 1.165) is 60.1 Å². The maximum atomic E-state index is 13.3. The van der Waals surface area contributed by atoms with Gasteiger partial charge in [0, 0.05) is 42.7 Å². The number of aryl methyl sites for hydroxylation is 2. The Balaban J connectivity index is 1.38. The molecule has 144 valence electrons. The maximum Gasteiger partial charge on any atom is 0.132 e. The smallest absolute Gasteiger partial charge is 0.132 e. The maximum absolute atomic E-state index is 13.3. The Kier molecular flexibility index (Phi) is 5.33. The van der Waals surface area contributed by atoms with Crippen molar-refractivity contribution >= 4 is 5.82 Å². The number of halogens is 1. The molecule has 0 aliphatic carbocycles. The monoisotopic (exact) mass is 376 g/mol. The van der Waals surface area contributed by atoms with E-state index in [1.54, 1.807) is 12.1 Å². The Morgan fingerprint density at radius 1 is 1.00 bits per heavy atom. The molecule has 4 nitrogen and oxygen atoms in total. The third-order valence-electron chi connectivity index (χ3n) is 5.33. The van der Waals surface area contributed by atoms with Crippen LogP contribution in [-0.4, -0.2) is 28.0 Å². The number of nitrogens with zero attached hydrogens (tertiary/aromatic N) is 4. The summed E-state index contributed by atoms with van der Waals surface area (Å²) >= 11 is 0. The number of anilines is 1. The molecule has 0 atom stereocenters. The number of aromatic nitrogens is 3. The second-order valence-electron chi connectivity index (χ2n) is 7.57. The average molecular weight is 376 g/mol. The van der Waals surface area contributed by atoms with E-state index in [9.17, 15) is 4.39 Å². The van der Waals surface area contributed by atoms with Gasteiger partial charge < -0.3 is 4.90 Å². The molecular formula is C23H25FN4. The van der Waals surface area contributed by atoms with Crippen LogP contribution in [0.4, 0.5) is 10.2 Å². The number of rotatable bonds is 4. The molecule has 0 unspecified atom stereocenters. The Bertz CT molecular complexity index is 927. The summed E-state index contributed by atoms with van der Waals surface area (Å²) in [7, 11) is 0. The first-order valence-corrected chi connectivity index (χ1v) is 9.83. The van der Waals surface area contributed by atoms with Crippen LogP contribution in [0, 0.1) is 19.7 Å². The molecule has 0 saturated carbocycles. The standard InChI is InChI=1S/C23H25FN4/c1-16-12-23(27-17(2)26-16)28-10-8-20(9-11-28)22-7-6-19(15-25-22)13-18-4-3-5-21(24)14-18/h3-7,12,14-15,20H,8-11,13H2,1-2H3. The third kappa shape index (κ3) is 4.35. The molecule has 0 N–H and O–H groups in total. The van der Waals surface area contributed by atoms with Gasteiger partial charge in [-0.1, -0.05) is 18.2 Å². The largest absolute Gasteiger partial charge is 0.356 e. The Labute approximate surface area is 165 Å². The summed E-state index contributed by atoms with van der Waals surface area (Å²) in [6.45, 7) is 5.92. The molecule has 3 aromatic rings. The quantitative estimate of drug-likeness (QED) is 0.667. The molecule has 1 fully saturated rings. The van der Waals surface area contributed by atoms with Gasteiger partial charge in [-0.05, 0) is 62.4 Å². The zero-order valence-corrected chi connectivity index (χ0v) is 16.4. The van der Waals surface area contributed by atoms with Gasteiger partial charge in [-0.15, -0.1) is 0 Å². The van der Waals surface area contributed by atoms with Gasteiger partial charge in [0.1, 0.15) is 17.5 Å². The molecule has 1 aliphatic heterocycles. The van der Waals surface area contributed by atoms with E-state index in [0.29, 0.717) is 12.3 Å². The summed E-state index contributed by atoms with van der Waals surface area (Å²) in [6.07, 6.45) is 4.77. The lowest BCUT2D eigenvalue weighted by Gasteiger charge is -2.32. The highest BCUT2D eigenvalue weighted by Crippen LogP contribution is 2.29. The van der Waals surface area contributed by atoms with Gasteiger partial charge in [0.15, 0.2) is 0 Å². The van der Waals surface area contributed by atoms with E-state index in [1.807, 2.05) is 26.1 Å². The van der Waals surface area contributed by atoms with Crippen LogP contribution in [-0.2, 0) is 6.42 Å². The predicted octanol–water partition coefficient (Wildman–Crippen LogP) is 4.60. The van der Waals surface area contributed by atoms with Crippen molar-refractivity contribution in [1.82, 2.24) is 15.0 Å². The van der Waals surface area contributed by atoms with Gasteiger partial charge in [0.25, 0.3) is 0 Å². The fourth-order valence-corrected chi connectivity index (χ4v) is 3.93. The second-order valence-corrected chi connectivity index (χ2v) is 7.57. The second kappa shape index (κ2) is 8.05. The molecule has 5 heteroatoms. The van der Waals surface area contributed by atoms with E-state index in [1.165, 1.54) is 6.07 Å². The van der Waals surface area contributed by atoms with Crippen LogP contribution in [0.1, 0.15) is 47.1 Å². The summed E-state index contributed by atoms with van der Waals surface area (Å²) in [6, 6.07) is 13.1. The van der Waals surface area contributed by atoms with Gasteiger partial charge >= 0.3 is 0 Å². The van der Waals surface area contributed by atoms with Crippen LogP contribution in [0.2, 0.25) is 0 Å². The van der Waals surface area contributed by atoms with E-state index in [2.05, 4.69) is 33.1 Å². The molecule has 1 aliphatic rings. The van der Waals surface area contributed by atoms with Crippen molar-refractivity contribution in [1.29, 1.82) is 0 Å². The van der Waals surface area contributed by atoms with Gasteiger partial charge in [-0.3, -0.25) is 4.98 Å². The zero-order chi connectivity index (χ0) is 19.5. The fourth-order valence-electron chi connectivity index (χ4n) is 3.93. The third-order valence-corrected chi connectivity index (χ3v) is 5.33. The molecule has 4 rings (SSSR count). The van der Waals surface area contributed by atoms with Gasteiger partial charge in [-0.25, -0.2) is 14.4 Å². The minimum Gasteiger partial charge on any atom is -0.356 e. The lowest BCUT2D eigenvalue weighted by atomic mass is 9.92. The highest BCUT2D eigenvalue weighted by atomic mass is 19.1. The Morgan fingerprint density at radius 3 is 2.50 bits per heavy atom. The fraction of sp³-hybridized carbons (Fsp3) is 0.348. The summed E-state index contributed by atoms with van der Waals surface area (Å²) in [5, 5.41) is 0. The summed E-state index contributed by atoms with van der Waals surface area (Å²) < 4.78 is 13.3. The number of hydrogen-bond acceptors (Lipinski definition) is 4. The van der Waals surface area contributed by atoms with E-state index in [4.69, 9.17) is 4.98 Å². The molecule has 2 aromatic heterocycles. The lowest BCUT2D eigenvalue weighted by Crippen LogP contribution is -2.34. The number of piperidine rings is 1. The summed E-state index contributed by atoms with van der Waals surface area (Å²) in [5.41, 5.74) is 4.25. The summed E-state index contributed by atoms with van der Waals surface area (Å²) in [4.78, 5) is 16.0. The topological polar surface area (TPSA) is 41.9 Å². The molecular weight excluding hydrogens is 351 g/mol.